The molecule has 0 spiro atoms. The third kappa shape index (κ3) is 3.49. The summed E-state index contributed by atoms with van der Waals surface area (Å²) in [4.78, 5) is 16.6. The highest BCUT2D eigenvalue weighted by molar-refractivity contribution is 7.91. The van der Waals surface area contributed by atoms with E-state index >= 15 is 0 Å². The number of rotatable bonds is 6. The molecule has 2 aromatic rings. The summed E-state index contributed by atoms with van der Waals surface area (Å²) in [6.07, 6.45) is 0. The van der Waals surface area contributed by atoms with E-state index in [0.29, 0.717) is 6.54 Å². The molecule has 1 aromatic heterocycles. The summed E-state index contributed by atoms with van der Waals surface area (Å²) in [6, 6.07) is 5.66. The van der Waals surface area contributed by atoms with Crippen LogP contribution >= 0.6 is 0 Å². The number of hydrogen-bond donors (Lipinski definition) is 3. The Bertz CT molecular complexity index is 746. The highest BCUT2D eigenvalue weighted by atomic mass is 32.2. The molecule has 0 aliphatic carbocycles. The molecule has 0 bridgehead atoms. The van der Waals surface area contributed by atoms with Gasteiger partial charge in [-0.25, -0.2) is 13.2 Å². The largest absolute Gasteiger partial charge is 0.323 e. The Balaban J connectivity index is 2.03. The van der Waals surface area contributed by atoms with Crippen LogP contribution in [0.2, 0.25) is 0 Å². The molecule has 20 heavy (non-hydrogen) atoms. The number of aromatic nitrogens is 2. The first-order chi connectivity index (χ1) is 9.41. The quantitative estimate of drug-likeness (QED) is 0.739. The zero-order valence-corrected chi connectivity index (χ0v) is 12.4. The third-order valence-corrected chi connectivity index (χ3v) is 5.05. The average Bonchev–Trinajstić information content (AvgIpc) is 2.77. The fourth-order valence-corrected chi connectivity index (χ4v) is 2.73. The van der Waals surface area contributed by atoms with E-state index in [-0.39, 0.29) is 23.2 Å². The van der Waals surface area contributed by atoms with Crippen LogP contribution in [0.25, 0.3) is 11.0 Å². The molecule has 0 radical (unpaired) electrons. The van der Waals surface area contributed by atoms with Gasteiger partial charge < -0.3 is 15.3 Å². The molecule has 1 atom stereocenters. The topological polar surface area (TPSA) is 94.8 Å². The van der Waals surface area contributed by atoms with Crippen molar-refractivity contribution in [1.29, 1.82) is 0 Å². The highest BCUT2D eigenvalue weighted by Crippen LogP contribution is 2.16. The van der Waals surface area contributed by atoms with Gasteiger partial charge >= 0.3 is 5.69 Å². The maximum atomic E-state index is 11.4. The standard InChI is InChI=1S/C13H19N3O3S/c1-3-20(18,19)7-6-14-9(2)10-4-5-11-12(8-10)16-13(17)15-11/h4-5,8-9,14H,3,6-7H2,1-2H3,(H2,15,16,17). The summed E-state index contributed by atoms with van der Waals surface area (Å²) in [5, 5.41) is 3.18. The van der Waals surface area contributed by atoms with E-state index in [4.69, 9.17) is 0 Å². The summed E-state index contributed by atoms with van der Waals surface area (Å²) < 4.78 is 22.8. The van der Waals surface area contributed by atoms with E-state index in [1.54, 1.807) is 6.92 Å². The van der Waals surface area contributed by atoms with Crippen LogP contribution in [0.4, 0.5) is 0 Å². The Morgan fingerprint density at radius 2 is 1.95 bits per heavy atom. The summed E-state index contributed by atoms with van der Waals surface area (Å²) >= 11 is 0. The van der Waals surface area contributed by atoms with Crippen molar-refractivity contribution in [2.24, 2.45) is 0 Å². The number of hydrogen-bond acceptors (Lipinski definition) is 4. The molecule has 3 N–H and O–H groups in total. The van der Waals surface area contributed by atoms with E-state index < -0.39 is 9.84 Å². The Hall–Kier alpha value is -1.60. The van der Waals surface area contributed by atoms with Crippen molar-refractivity contribution in [2.45, 2.75) is 19.9 Å². The lowest BCUT2D eigenvalue weighted by atomic mass is 10.1. The Kier molecular flexibility index (Phi) is 4.29. The lowest BCUT2D eigenvalue weighted by Gasteiger charge is -2.14. The van der Waals surface area contributed by atoms with Gasteiger partial charge in [-0.05, 0) is 24.6 Å². The van der Waals surface area contributed by atoms with Gasteiger partial charge in [0.2, 0.25) is 0 Å². The molecule has 0 aliphatic rings. The molecule has 0 amide bonds. The smallest absolute Gasteiger partial charge is 0.309 e. The summed E-state index contributed by atoms with van der Waals surface area (Å²) in [6.45, 7) is 4.03. The van der Waals surface area contributed by atoms with Crippen molar-refractivity contribution < 1.29 is 8.42 Å². The number of fused-ring (bicyclic) bond motifs is 1. The van der Waals surface area contributed by atoms with Gasteiger partial charge in [-0.2, -0.15) is 0 Å². The summed E-state index contributed by atoms with van der Waals surface area (Å²) in [5.74, 6) is 0.302. The van der Waals surface area contributed by atoms with Crippen LogP contribution in [0.5, 0.6) is 0 Å². The molecule has 110 valence electrons. The predicted octanol–water partition coefficient (Wildman–Crippen LogP) is 0.942. The van der Waals surface area contributed by atoms with E-state index in [2.05, 4.69) is 15.3 Å². The highest BCUT2D eigenvalue weighted by Gasteiger charge is 2.10. The van der Waals surface area contributed by atoms with Crippen LogP contribution in [0.15, 0.2) is 23.0 Å². The van der Waals surface area contributed by atoms with E-state index in [1.165, 1.54) is 0 Å². The second-order valence-electron chi connectivity index (χ2n) is 4.80. The maximum Gasteiger partial charge on any atom is 0.323 e. The van der Waals surface area contributed by atoms with Crippen molar-refractivity contribution in [1.82, 2.24) is 15.3 Å². The SMILES string of the molecule is CCS(=O)(=O)CCNC(C)c1ccc2[nH]c(=O)[nH]c2c1. The molecular formula is C13H19N3O3S. The second kappa shape index (κ2) is 5.80. The Morgan fingerprint density at radius 3 is 2.65 bits per heavy atom. The molecule has 0 saturated heterocycles. The fourth-order valence-electron chi connectivity index (χ4n) is 2.01. The Morgan fingerprint density at radius 1 is 1.25 bits per heavy atom. The molecule has 1 aromatic carbocycles. The maximum absolute atomic E-state index is 11.4. The molecule has 0 saturated carbocycles. The molecule has 7 heteroatoms. The number of benzene rings is 1. The number of imidazole rings is 1. The van der Waals surface area contributed by atoms with Gasteiger partial charge in [-0.3, -0.25) is 0 Å². The molecule has 0 fully saturated rings. The lowest BCUT2D eigenvalue weighted by molar-refractivity contribution is 0.573. The minimum atomic E-state index is -2.94. The van der Waals surface area contributed by atoms with Crippen molar-refractivity contribution in [2.75, 3.05) is 18.1 Å². The molecule has 6 nitrogen and oxygen atoms in total. The monoisotopic (exact) mass is 297 g/mol. The molecule has 1 unspecified atom stereocenters. The van der Waals surface area contributed by atoms with Gasteiger partial charge in [0.1, 0.15) is 0 Å². The van der Waals surface area contributed by atoms with Crippen LogP contribution < -0.4 is 11.0 Å². The normalized spacial score (nSPS) is 13.7. The average molecular weight is 297 g/mol. The van der Waals surface area contributed by atoms with Gasteiger partial charge in [-0.15, -0.1) is 0 Å². The number of aromatic amines is 2. The van der Waals surface area contributed by atoms with Crippen LogP contribution in [0.1, 0.15) is 25.5 Å². The first-order valence-electron chi connectivity index (χ1n) is 6.57. The minimum Gasteiger partial charge on any atom is -0.309 e. The lowest BCUT2D eigenvalue weighted by Crippen LogP contribution is -2.26. The van der Waals surface area contributed by atoms with Gasteiger partial charge in [0, 0.05) is 18.3 Å². The zero-order valence-electron chi connectivity index (χ0n) is 11.6. The fraction of sp³-hybridized carbons (Fsp3) is 0.462. The molecule has 1 heterocycles. The number of nitrogens with one attached hydrogen (secondary N) is 3. The van der Waals surface area contributed by atoms with E-state index in [1.807, 2.05) is 25.1 Å². The molecule has 0 aliphatic heterocycles. The van der Waals surface area contributed by atoms with Gasteiger partial charge in [0.25, 0.3) is 0 Å². The first-order valence-corrected chi connectivity index (χ1v) is 8.39. The Labute approximate surface area is 117 Å². The zero-order chi connectivity index (χ0) is 14.8. The summed E-state index contributed by atoms with van der Waals surface area (Å²) in [5.41, 5.74) is 2.29. The van der Waals surface area contributed by atoms with Crippen molar-refractivity contribution >= 4 is 20.9 Å². The van der Waals surface area contributed by atoms with Gasteiger partial charge in [0.15, 0.2) is 9.84 Å². The number of sulfone groups is 1. The van der Waals surface area contributed by atoms with Crippen molar-refractivity contribution in [3.63, 3.8) is 0 Å². The predicted molar refractivity (Wildman–Crippen MR) is 79.7 cm³/mol. The van der Waals surface area contributed by atoms with Gasteiger partial charge in [-0.1, -0.05) is 13.0 Å². The van der Waals surface area contributed by atoms with Gasteiger partial charge in [0.05, 0.1) is 16.8 Å². The molecule has 2 rings (SSSR count). The van der Waals surface area contributed by atoms with Crippen LogP contribution in [0, 0.1) is 0 Å². The van der Waals surface area contributed by atoms with Crippen molar-refractivity contribution in [3.05, 3.63) is 34.2 Å². The second-order valence-corrected chi connectivity index (χ2v) is 7.27. The van der Waals surface area contributed by atoms with Crippen LogP contribution in [0.3, 0.4) is 0 Å². The molecular weight excluding hydrogens is 278 g/mol. The van der Waals surface area contributed by atoms with E-state index in [9.17, 15) is 13.2 Å². The van der Waals surface area contributed by atoms with Crippen LogP contribution in [-0.4, -0.2) is 36.4 Å². The minimum absolute atomic E-state index is 0.0184. The van der Waals surface area contributed by atoms with Crippen molar-refractivity contribution in [3.8, 4) is 0 Å². The number of H-pyrrole nitrogens is 2. The van der Waals surface area contributed by atoms with Crippen LogP contribution in [-0.2, 0) is 9.84 Å². The first kappa shape index (κ1) is 14.8. The van der Waals surface area contributed by atoms with E-state index in [0.717, 1.165) is 16.6 Å². The third-order valence-electron chi connectivity index (χ3n) is 3.34. The summed E-state index contributed by atoms with van der Waals surface area (Å²) in [7, 11) is -2.94.